The van der Waals surface area contributed by atoms with Gasteiger partial charge in [-0.1, -0.05) is 30.7 Å². The number of hydrogen-bond donors (Lipinski definition) is 1. The summed E-state index contributed by atoms with van der Waals surface area (Å²) in [6.45, 7) is 4.56. The van der Waals surface area contributed by atoms with Gasteiger partial charge in [-0.25, -0.2) is 4.39 Å². The van der Waals surface area contributed by atoms with Gasteiger partial charge in [-0.3, -0.25) is 4.79 Å². The van der Waals surface area contributed by atoms with Crippen molar-refractivity contribution < 1.29 is 13.9 Å². The molecule has 0 spiro atoms. The molecule has 1 amide bonds. The van der Waals surface area contributed by atoms with Crippen LogP contribution in [0.5, 0.6) is 5.75 Å². The summed E-state index contributed by atoms with van der Waals surface area (Å²) in [5.74, 6) is 0.569. The van der Waals surface area contributed by atoms with Crippen LogP contribution in [-0.4, -0.2) is 12.5 Å². The van der Waals surface area contributed by atoms with E-state index in [1.54, 1.807) is 12.1 Å². The minimum atomic E-state index is -0.521. The summed E-state index contributed by atoms with van der Waals surface area (Å²) in [4.78, 5) is 13.0. The van der Waals surface area contributed by atoms with Crippen molar-refractivity contribution in [3.8, 4) is 5.75 Å². The lowest BCUT2D eigenvalue weighted by molar-refractivity contribution is -0.130. The van der Waals surface area contributed by atoms with Crippen LogP contribution in [0.1, 0.15) is 50.3 Å². The molecule has 1 aliphatic carbocycles. The lowest BCUT2D eigenvalue weighted by Crippen LogP contribution is -2.49. The van der Waals surface area contributed by atoms with E-state index in [4.69, 9.17) is 4.74 Å². The summed E-state index contributed by atoms with van der Waals surface area (Å²) in [5.41, 5.74) is 1.41. The summed E-state index contributed by atoms with van der Waals surface area (Å²) < 4.78 is 18.7. The molecule has 25 heavy (non-hydrogen) atoms. The van der Waals surface area contributed by atoms with Crippen molar-refractivity contribution in [2.45, 2.75) is 44.6 Å². The van der Waals surface area contributed by atoms with Gasteiger partial charge < -0.3 is 10.1 Å². The lowest BCUT2D eigenvalue weighted by atomic mass is 9.63. The van der Waals surface area contributed by atoms with Crippen LogP contribution in [0.15, 0.2) is 48.5 Å². The molecule has 0 bridgehead atoms. The van der Waals surface area contributed by atoms with Gasteiger partial charge in [0, 0.05) is 0 Å². The van der Waals surface area contributed by atoms with E-state index >= 15 is 0 Å². The highest BCUT2D eigenvalue weighted by Gasteiger charge is 2.45. The number of rotatable bonds is 6. The second kappa shape index (κ2) is 7.26. The highest BCUT2D eigenvalue weighted by Crippen LogP contribution is 2.44. The summed E-state index contributed by atoms with van der Waals surface area (Å²) in [6, 6.07) is 14.0. The Kier molecular flexibility index (Phi) is 5.07. The molecule has 0 radical (unpaired) electrons. The molecule has 1 saturated carbocycles. The van der Waals surface area contributed by atoms with E-state index in [-0.39, 0.29) is 17.8 Å². The first kappa shape index (κ1) is 17.5. The van der Waals surface area contributed by atoms with Crippen LogP contribution in [0, 0.1) is 5.82 Å². The molecule has 1 unspecified atom stereocenters. The van der Waals surface area contributed by atoms with Crippen LogP contribution in [-0.2, 0) is 10.2 Å². The second-order valence-corrected chi connectivity index (χ2v) is 6.64. The van der Waals surface area contributed by atoms with Gasteiger partial charge in [0.2, 0.25) is 5.91 Å². The number of benzene rings is 2. The van der Waals surface area contributed by atoms with Gasteiger partial charge in [-0.2, -0.15) is 0 Å². The molecule has 4 heteroatoms. The topological polar surface area (TPSA) is 38.3 Å². The van der Waals surface area contributed by atoms with E-state index in [0.717, 1.165) is 36.1 Å². The quantitative estimate of drug-likeness (QED) is 0.839. The smallest absolute Gasteiger partial charge is 0.231 e. The van der Waals surface area contributed by atoms with Crippen molar-refractivity contribution in [2.75, 3.05) is 6.61 Å². The second-order valence-electron chi connectivity index (χ2n) is 6.64. The molecule has 1 aliphatic rings. The van der Waals surface area contributed by atoms with Crippen molar-refractivity contribution in [2.24, 2.45) is 0 Å². The van der Waals surface area contributed by atoms with Gasteiger partial charge in [0.05, 0.1) is 18.1 Å². The Morgan fingerprint density at radius 2 is 1.80 bits per heavy atom. The van der Waals surface area contributed by atoms with Crippen molar-refractivity contribution in [1.29, 1.82) is 0 Å². The highest BCUT2D eigenvalue weighted by atomic mass is 19.1. The molecule has 0 heterocycles. The SMILES string of the molecule is CCOc1ccc(C(C)NC(=O)C2(c3ccc(F)cc3)CCC2)cc1. The molecule has 2 aromatic carbocycles. The third kappa shape index (κ3) is 3.53. The van der Waals surface area contributed by atoms with E-state index < -0.39 is 5.41 Å². The third-order valence-corrected chi connectivity index (χ3v) is 5.08. The number of amides is 1. The number of ether oxygens (including phenoxy) is 1. The monoisotopic (exact) mass is 341 g/mol. The fourth-order valence-corrected chi connectivity index (χ4v) is 3.38. The molecule has 1 fully saturated rings. The number of carbonyl (C=O) groups is 1. The van der Waals surface area contributed by atoms with Crippen LogP contribution in [0.4, 0.5) is 4.39 Å². The number of hydrogen-bond acceptors (Lipinski definition) is 2. The van der Waals surface area contributed by atoms with Gasteiger partial charge in [-0.05, 0) is 62.1 Å². The van der Waals surface area contributed by atoms with Crippen LogP contribution in [0.25, 0.3) is 0 Å². The summed E-state index contributed by atoms with van der Waals surface area (Å²) in [7, 11) is 0. The Morgan fingerprint density at radius 1 is 1.16 bits per heavy atom. The van der Waals surface area contributed by atoms with Gasteiger partial charge in [0.1, 0.15) is 11.6 Å². The Balaban J connectivity index is 1.72. The zero-order valence-electron chi connectivity index (χ0n) is 14.7. The van der Waals surface area contributed by atoms with Crippen LogP contribution in [0.2, 0.25) is 0 Å². The molecule has 3 nitrogen and oxygen atoms in total. The van der Waals surface area contributed by atoms with Crippen molar-refractivity contribution in [3.63, 3.8) is 0 Å². The predicted octanol–water partition coefficient (Wildman–Crippen LogP) is 4.52. The van der Waals surface area contributed by atoms with Crippen molar-refractivity contribution in [1.82, 2.24) is 5.32 Å². The first-order valence-corrected chi connectivity index (χ1v) is 8.85. The largest absolute Gasteiger partial charge is 0.494 e. The first-order valence-electron chi connectivity index (χ1n) is 8.85. The maximum atomic E-state index is 13.2. The molecule has 0 aliphatic heterocycles. The first-order chi connectivity index (χ1) is 12.0. The fraction of sp³-hybridized carbons (Fsp3) is 0.381. The third-order valence-electron chi connectivity index (χ3n) is 5.08. The Hall–Kier alpha value is -2.36. The Bertz CT molecular complexity index is 721. The maximum Gasteiger partial charge on any atom is 0.231 e. The Labute approximate surface area is 148 Å². The molecule has 3 rings (SSSR count). The van der Waals surface area contributed by atoms with E-state index in [9.17, 15) is 9.18 Å². The van der Waals surface area contributed by atoms with Crippen molar-refractivity contribution in [3.05, 3.63) is 65.5 Å². The summed E-state index contributed by atoms with van der Waals surface area (Å²) >= 11 is 0. The number of carbonyl (C=O) groups excluding carboxylic acids is 1. The van der Waals surface area contributed by atoms with Crippen LogP contribution in [0.3, 0.4) is 0 Å². The molecular formula is C21H24FNO2. The minimum Gasteiger partial charge on any atom is -0.494 e. The molecule has 1 N–H and O–H groups in total. The van der Waals surface area contributed by atoms with E-state index in [0.29, 0.717) is 6.61 Å². The van der Waals surface area contributed by atoms with Crippen LogP contribution >= 0.6 is 0 Å². The maximum absolute atomic E-state index is 13.2. The van der Waals surface area contributed by atoms with E-state index in [2.05, 4.69) is 5.32 Å². The number of halogens is 1. The zero-order chi connectivity index (χ0) is 17.9. The fourth-order valence-electron chi connectivity index (χ4n) is 3.38. The molecule has 0 saturated heterocycles. The average molecular weight is 341 g/mol. The van der Waals surface area contributed by atoms with Crippen LogP contribution < -0.4 is 10.1 Å². The standard InChI is InChI=1S/C21H24FNO2/c1-3-25-19-11-5-16(6-12-19)15(2)23-20(24)21(13-4-14-21)17-7-9-18(22)10-8-17/h5-12,15H,3-4,13-14H2,1-2H3,(H,23,24). The summed E-state index contributed by atoms with van der Waals surface area (Å²) in [5, 5.41) is 3.13. The summed E-state index contributed by atoms with van der Waals surface area (Å²) in [6.07, 6.45) is 2.63. The highest BCUT2D eigenvalue weighted by molar-refractivity contribution is 5.89. The van der Waals surface area contributed by atoms with Gasteiger partial charge in [0.15, 0.2) is 0 Å². The molecule has 132 valence electrons. The Morgan fingerprint density at radius 3 is 2.32 bits per heavy atom. The predicted molar refractivity (Wildman–Crippen MR) is 96.1 cm³/mol. The van der Waals surface area contributed by atoms with E-state index in [1.165, 1.54) is 12.1 Å². The molecule has 1 atom stereocenters. The number of nitrogens with one attached hydrogen (secondary N) is 1. The van der Waals surface area contributed by atoms with Gasteiger partial charge in [0.25, 0.3) is 0 Å². The minimum absolute atomic E-state index is 0.0201. The van der Waals surface area contributed by atoms with Gasteiger partial charge >= 0.3 is 0 Å². The van der Waals surface area contributed by atoms with Gasteiger partial charge in [-0.15, -0.1) is 0 Å². The lowest BCUT2D eigenvalue weighted by Gasteiger charge is -2.41. The average Bonchev–Trinajstić information content (AvgIpc) is 2.56. The van der Waals surface area contributed by atoms with Crippen molar-refractivity contribution >= 4 is 5.91 Å². The molecule has 2 aromatic rings. The molecular weight excluding hydrogens is 317 g/mol. The normalized spacial score (nSPS) is 16.6. The van der Waals surface area contributed by atoms with E-state index in [1.807, 2.05) is 38.1 Å². The zero-order valence-corrected chi connectivity index (χ0v) is 14.7. The molecule has 0 aromatic heterocycles.